The van der Waals surface area contributed by atoms with Crippen molar-refractivity contribution in [1.82, 2.24) is 9.88 Å². The minimum Gasteiger partial charge on any atom is -0.444 e. The molecule has 0 unspecified atom stereocenters. The molecule has 0 bridgehead atoms. The average Bonchev–Trinajstić information content (AvgIpc) is 3.43. The van der Waals surface area contributed by atoms with E-state index in [9.17, 15) is 13.2 Å². The molecule has 1 aliphatic heterocycles. The Balaban J connectivity index is 1.57. The lowest BCUT2D eigenvalue weighted by Gasteiger charge is -2.36. The Morgan fingerprint density at radius 3 is 2.55 bits per heavy atom. The van der Waals surface area contributed by atoms with Gasteiger partial charge < -0.3 is 14.5 Å². The summed E-state index contributed by atoms with van der Waals surface area (Å²) in [6.07, 6.45) is 1.40. The summed E-state index contributed by atoms with van der Waals surface area (Å²) in [5, 5.41) is 3.39. The van der Waals surface area contributed by atoms with Crippen molar-refractivity contribution in [2.24, 2.45) is 0 Å². The molecule has 0 atom stereocenters. The van der Waals surface area contributed by atoms with Crippen LogP contribution in [0.25, 0.3) is 10.1 Å². The summed E-state index contributed by atoms with van der Waals surface area (Å²) in [6.45, 7) is 9.98. The normalized spacial score (nSPS) is 15.2. The van der Waals surface area contributed by atoms with Gasteiger partial charge in [-0.1, -0.05) is 0 Å². The van der Waals surface area contributed by atoms with E-state index in [0.717, 1.165) is 15.9 Å². The fourth-order valence-corrected chi connectivity index (χ4v) is 7.69. The molecule has 0 spiro atoms. The average molecular weight is 509 g/mol. The Kier molecular flexibility index (Phi) is 6.56. The minimum atomic E-state index is -3.67. The highest BCUT2D eigenvalue weighted by molar-refractivity contribution is 7.95. The first-order valence-electron chi connectivity index (χ1n) is 10.8. The van der Waals surface area contributed by atoms with Gasteiger partial charge >= 0.3 is 6.09 Å². The molecule has 4 heterocycles. The van der Waals surface area contributed by atoms with Crippen molar-refractivity contribution < 1.29 is 17.9 Å². The number of pyridine rings is 1. The molecule has 1 aliphatic rings. The Bertz CT molecular complexity index is 1220. The Hall–Kier alpha value is -2.37. The van der Waals surface area contributed by atoms with Crippen molar-refractivity contribution in [2.75, 3.05) is 41.9 Å². The van der Waals surface area contributed by atoms with Crippen LogP contribution >= 0.6 is 22.7 Å². The topological polar surface area (TPSA) is 83.1 Å². The number of aromatic nitrogens is 1. The quantitative estimate of drug-likeness (QED) is 0.500. The van der Waals surface area contributed by atoms with Crippen LogP contribution in [-0.4, -0.2) is 62.7 Å². The van der Waals surface area contributed by atoms with E-state index in [1.807, 2.05) is 51.3 Å². The zero-order valence-corrected chi connectivity index (χ0v) is 21.6. The molecule has 0 aliphatic carbocycles. The summed E-state index contributed by atoms with van der Waals surface area (Å²) in [4.78, 5) is 20.7. The van der Waals surface area contributed by atoms with Crippen molar-refractivity contribution in [3.05, 3.63) is 35.8 Å². The fraction of sp³-hybridized carbons (Fsp3) is 0.455. The number of sulfonamides is 1. The Morgan fingerprint density at radius 1 is 1.21 bits per heavy atom. The van der Waals surface area contributed by atoms with E-state index in [1.54, 1.807) is 17.2 Å². The van der Waals surface area contributed by atoms with Crippen LogP contribution < -0.4 is 9.21 Å². The maximum absolute atomic E-state index is 13.4. The molecule has 1 saturated heterocycles. The molecule has 0 radical (unpaired) electrons. The zero-order valence-electron chi connectivity index (χ0n) is 19.1. The van der Waals surface area contributed by atoms with Gasteiger partial charge in [-0.2, -0.15) is 0 Å². The lowest BCUT2D eigenvalue weighted by Crippen LogP contribution is -2.50. The van der Waals surface area contributed by atoms with E-state index in [2.05, 4.69) is 9.88 Å². The number of carbonyl (C=O) groups excluding carboxylic acids is 1. The highest BCUT2D eigenvalue weighted by Gasteiger charge is 2.30. The predicted octanol–water partition coefficient (Wildman–Crippen LogP) is 4.63. The van der Waals surface area contributed by atoms with Crippen molar-refractivity contribution >= 4 is 59.7 Å². The van der Waals surface area contributed by atoms with Crippen LogP contribution in [0.4, 0.5) is 15.6 Å². The second-order valence-electron chi connectivity index (χ2n) is 8.69. The van der Waals surface area contributed by atoms with Gasteiger partial charge in [-0.25, -0.2) is 18.2 Å². The van der Waals surface area contributed by atoms with Gasteiger partial charge in [-0.15, -0.1) is 22.7 Å². The summed E-state index contributed by atoms with van der Waals surface area (Å²) in [5.41, 5.74) is -0.532. The third-order valence-electron chi connectivity index (χ3n) is 5.22. The number of thiophene rings is 2. The molecule has 8 nitrogen and oxygen atoms in total. The van der Waals surface area contributed by atoms with Crippen LogP contribution in [0.3, 0.4) is 0 Å². The number of piperazine rings is 1. The monoisotopic (exact) mass is 508 g/mol. The number of hydrogen-bond acceptors (Lipinski definition) is 8. The van der Waals surface area contributed by atoms with Crippen LogP contribution in [0.1, 0.15) is 27.7 Å². The first-order chi connectivity index (χ1) is 15.6. The lowest BCUT2D eigenvalue weighted by atomic mass is 10.2. The molecular weight excluding hydrogens is 480 g/mol. The summed E-state index contributed by atoms with van der Waals surface area (Å²) < 4.78 is 34.9. The number of anilines is 2. The van der Waals surface area contributed by atoms with E-state index < -0.39 is 15.6 Å². The minimum absolute atomic E-state index is 0.300. The van der Waals surface area contributed by atoms with Gasteiger partial charge in [0, 0.05) is 49.0 Å². The van der Waals surface area contributed by atoms with E-state index >= 15 is 0 Å². The molecular formula is C22H28N4O4S3. The van der Waals surface area contributed by atoms with Crippen molar-refractivity contribution in [3.8, 4) is 0 Å². The Labute approximate surface area is 202 Å². The standard InChI is InChI=1S/C22H28N4O4S3/c1-5-26(18-7-6-14-31-18)33(28,29)19-15-16-17(32-19)8-9-23-20(16)24-10-12-25(13-11-24)21(27)30-22(2,3)4/h6-9,14-15H,5,10-13H2,1-4H3. The number of ether oxygens (including phenoxy) is 1. The SMILES string of the molecule is CCN(c1cccs1)S(=O)(=O)c1cc2c(N3CCN(C(=O)OC(C)(C)C)CC3)nccc2s1. The largest absolute Gasteiger partial charge is 0.444 e. The maximum atomic E-state index is 13.4. The molecule has 0 N–H and O–H groups in total. The zero-order chi connectivity index (χ0) is 23.8. The number of nitrogens with zero attached hydrogens (tertiary/aromatic N) is 4. The first kappa shape index (κ1) is 23.8. The second kappa shape index (κ2) is 9.11. The number of carbonyl (C=O) groups is 1. The molecule has 0 aromatic carbocycles. The van der Waals surface area contributed by atoms with E-state index in [1.165, 1.54) is 27.0 Å². The molecule has 33 heavy (non-hydrogen) atoms. The summed E-state index contributed by atoms with van der Waals surface area (Å²) in [5.74, 6) is 0.744. The van der Waals surface area contributed by atoms with Gasteiger partial charge in [0.05, 0.1) is 0 Å². The van der Waals surface area contributed by atoms with E-state index in [0.29, 0.717) is 41.9 Å². The van der Waals surface area contributed by atoms with Crippen molar-refractivity contribution in [2.45, 2.75) is 37.5 Å². The second-order valence-corrected chi connectivity index (χ2v) is 12.8. The molecule has 11 heteroatoms. The molecule has 1 fully saturated rings. The summed E-state index contributed by atoms with van der Waals surface area (Å²) in [6, 6.07) is 7.24. The molecule has 178 valence electrons. The molecule has 1 amide bonds. The van der Waals surface area contributed by atoms with Crippen LogP contribution in [0.5, 0.6) is 0 Å². The highest BCUT2D eigenvalue weighted by Crippen LogP contribution is 2.37. The first-order valence-corrected chi connectivity index (χ1v) is 13.9. The van der Waals surface area contributed by atoms with Crippen LogP contribution in [0.15, 0.2) is 40.1 Å². The maximum Gasteiger partial charge on any atom is 0.410 e. The van der Waals surface area contributed by atoms with E-state index in [-0.39, 0.29) is 6.09 Å². The van der Waals surface area contributed by atoms with Crippen molar-refractivity contribution in [1.29, 1.82) is 0 Å². The van der Waals surface area contributed by atoms with Crippen LogP contribution in [0, 0.1) is 0 Å². The smallest absolute Gasteiger partial charge is 0.410 e. The number of hydrogen-bond donors (Lipinski definition) is 0. The van der Waals surface area contributed by atoms with Gasteiger partial charge in [0.1, 0.15) is 20.6 Å². The highest BCUT2D eigenvalue weighted by atomic mass is 32.2. The van der Waals surface area contributed by atoms with Gasteiger partial charge in [0.25, 0.3) is 10.0 Å². The van der Waals surface area contributed by atoms with Crippen LogP contribution in [-0.2, 0) is 14.8 Å². The summed E-state index contributed by atoms with van der Waals surface area (Å²) >= 11 is 2.66. The number of rotatable bonds is 5. The van der Waals surface area contributed by atoms with E-state index in [4.69, 9.17) is 4.74 Å². The predicted molar refractivity (Wildman–Crippen MR) is 134 cm³/mol. The molecule has 3 aromatic rings. The summed E-state index contributed by atoms with van der Waals surface area (Å²) in [7, 11) is -3.67. The number of amides is 1. The third-order valence-corrected chi connectivity index (χ3v) is 9.66. The van der Waals surface area contributed by atoms with Crippen LogP contribution in [0.2, 0.25) is 0 Å². The fourth-order valence-electron chi connectivity index (χ4n) is 3.70. The van der Waals surface area contributed by atoms with Gasteiger partial charge in [0.15, 0.2) is 0 Å². The number of fused-ring (bicyclic) bond motifs is 1. The lowest BCUT2D eigenvalue weighted by molar-refractivity contribution is 0.0240. The van der Waals surface area contributed by atoms with Crippen molar-refractivity contribution in [3.63, 3.8) is 0 Å². The third kappa shape index (κ3) is 4.95. The van der Waals surface area contributed by atoms with Gasteiger partial charge in [-0.3, -0.25) is 4.31 Å². The van der Waals surface area contributed by atoms with Gasteiger partial charge in [0.2, 0.25) is 0 Å². The molecule has 0 saturated carbocycles. The Morgan fingerprint density at radius 2 is 1.94 bits per heavy atom. The van der Waals surface area contributed by atoms with Gasteiger partial charge in [-0.05, 0) is 57.3 Å². The molecule has 3 aromatic heterocycles. The molecule has 4 rings (SSSR count).